The minimum absolute atomic E-state index is 0. The van der Waals surface area contributed by atoms with E-state index < -0.39 is 0 Å². The second kappa shape index (κ2) is 25.4. The van der Waals surface area contributed by atoms with Crippen LogP contribution in [0.1, 0.15) is 0 Å². The van der Waals surface area contributed by atoms with Crippen LogP contribution in [0.3, 0.4) is 0 Å². The van der Waals surface area contributed by atoms with Gasteiger partial charge in [-0.05, 0) is 0 Å². The summed E-state index contributed by atoms with van der Waals surface area (Å²) in [5.74, 6) is 0. The summed E-state index contributed by atoms with van der Waals surface area (Å²) in [4.78, 5) is 0. The molecule has 4 heavy (non-hydrogen) atoms. The van der Waals surface area contributed by atoms with Gasteiger partial charge in [0.1, 0.15) is 0 Å². The monoisotopic (exact) mass is 193 g/mol. The first-order chi connectivity index (χ1) is 1.00. The summed E-state index contributed by atoms with van der Waals surface area (Å²) in [5.41, 5.74) is 0. The zero-order valence-electron chi connectivity index (χ0n) is 1.81. The van der Waals surface area contributed by atoms with Crippen molar-refractivity contribution in [2.24, 2.45) is 0 Å². The van der Waals surface area contributed by atoms with Crippen molar-refractivity contribution in [1.29, 1.82) is 0 Å². The van der Waals surface area contributed by atoms with Gasteiger partial charge in [-0.15, -0.1) is 0 Å². The average Bonchev–Trinajstić information content (AvgIpc) is 1.00. The van der Waals surface area contributed by atoms with E-state index in [0.29, 0.717) is 0 Å². The van der Waals surface area contributed by atoms with Crippen LogP contribution in [-0.2, 0) is 55.4 Å². The first-order valence-corrected chi connectivity index (χ1v) is 1.50. The SMILES string of the molecule is [Mn].[Ni].[O]=[Zn]. The number of hydrogen-bond acceptors (Lipinski definition) is 1. The molecule has 0 saturated carbocycles. The van der Waals surface area contributed by atoms with E-state index in [1.807, 2.05) is 0 Å². The summed E-state index contributed by atoms with van der Waals surface area (Å²) < 4.78 is 8.38. The molecule has 0 N–H and O–H groups in total. The van der Waals surface area contributed by atoms with Crippen molar-refractivity contribution in [3.8, 4) is 0 Å². The van der Waals surface area contributed by atoms with Gasteiger partial charge < -0.3 is 0 Å². The summed E-state index contributed by atoms with van der Waals surface area (Å²) in [6, 6.07) is 0. The van der Waals surface area contributed by atoms with Crippen LogP contribution >= 0.6 is 0 Å². The normalized spacial score (nSPS) is 1.50. The molecule has 0 heterocycles. The molecule has 0 aromatic carbocycles. The van der Waals surface area contributed by atoms with Crippen molar-refractivity contribution < 1.29 is 55.4 Å². The van der Waals surface area contributed by atoms with Crippen molar-refractivity contribution in [2.75, 3.05) is 0 Å². The summed E-state index contributed by atoms with van der Waals surface area (Å²) in [5, 5.41) is 0. The third-order valence-corrected chi connectivity index (χ3v) is 0. The Kier molecular flexibility index (Phi) is 114. The van der Waals surface area contributed by atoms with Crippen molar-refractivity contribution in [1.82, 2.24) is 0 Å². The molecular formula is MnNiOZn. The van der Waals surface area contributed by atoms with Gasteiger partial charge in [0.2, 0.25) is 0 Å². The van der Waals surface area contributed by atoms with Gasteiger partial charge in [0.05, 0.1) is 0 Å². The van der Waals surface area contributed by atoms with Gasteiger partial charge in [0.25, 0.3) is 0 Å². The summed E-state index contributed by atoms with van der Waals surface area (Å²) in [7, 11) is 0. The quantitative estimate of drug-likeness (QED) is 0.492. The number of hydrogen-bond donors (Lipinski definition) is 0. The Bertz CT molecular complexity index is 8.00. The van der Waals surface area contributed by atoms with Gasteiger partial charge >= 0.3 is 21.8 Å². The second-order valence-electron chi connectivity index (χ2n) is 0. The predicted octanol–water partition coefficient (Wildman–Crippen LogP) is -0.126. The molecule has 1 nitrogen and oxygen atoms in total. The van der Waals surface area contributed by atoms with E-state index in [-0.39, 0.29) is 51.8 Å². The molecule has 0 aromatic rings. The zero-order valence-corrected chi connectivity index (χ0v) is 6.94. The zero-order chi connectivity index (χ0) is 2.00. The third-order valence-electron chi connectivity index (χ3n) is 0. The molecule has 0 amide bonds. The van der Waals surface area contributed by atoms with Crippen LogP contribution in [0.2, 0.25) is 0 Å². The molecule has 0 fully saturated rings. The Morgan fingerprint density at radius 2 is 1.25 bits per heavy atom. The van der Waals surface area contributed by atoms with Crippen molar-refractivity contribution >= 4 is 0 Å². The molecule has 0 aromatic heterocycles. The van der Waals surface area contributed by atoms with Crippen LogP contribution in [0.15, 0.2) is 0 Å². The molecule has 0 rings (SSSR count). The summed E-state index contributed by atoms with van der Waals surface area (Å²) in [6.45, 7) is 0. The van der Waals surface area contributed by atoms with E-state index in [0.717, 1.165) is 0 Å². The van der Waals surface area contributed by atoms with Crippen molar-refractivity contribution in [2.45, 2.75) is 0 Å². The Morgan fingerprint density at radius 3 is 1.25 bits per heavy atom. The molecule has 0 unspecified atom stereocenters. The fraction of sp³-hybridized carbons (Fsp3) is 0. The minimum atomic E-state index is 0. The van der Waals surface area contributed by atoms with Crippen molar-refractivity contribution in [3.63, 3.8) is 0 Å². The van der Waals surface area contributed by atoms with E-state index in [1.165, 1.54) is 0 Å². The molecule has 0 aliphatic rings. The summed E-state index contributed by atoms with van der Waals surface area (Å²) >= 11 is 0.125. The number of rotatable bonds is 0. The van der Waals surface area contributed by atoms with Gasteiger partial charge in [-0.2, -0.15) is 0 Å². The fourth-order valence-electron chi connectivity index (χ4n) is 0. The Labute approximate surface area is 55.2 Å². The van der Waals surface area contributed by atoms with E-state index in [2.05, 4.69) is 0 Å². The van der Waals surface area contributed by atoms with Crippen LogP contribution < -0.4 is 0 Å². The summed E-state index contributed by atoms with van der Waals surface area (Å²) in [6.07, 6.45) is 0. The first kappa shape index (κ1) is 18.0. The van der Waals surface area contributed by atoms with Gasteiger partial charge in [-0.3, -0.25) is 0 Å². The average molecular weight is 195 g/mol. The van der Waals surface area contributed by atoms with Crippen molar-refractivity contribution in [3.05, 3.63) is 0 Å². The van der Waals surface area contributed by atoms with Crippen LogP contribution in [0.4, 0.5) is 0 Å². The van der Waals surface area contributed by atoms with Gasteiger partial charge in [-0.1, -0.05) is 0 Å². The van der Waals surface area contributed by atoms with E-state index in [9.17, 15) is 0 Å². The van der Waals surface area contributed by atoms with Crippen LogP contribution in [-0.4, -0.2) is 0 Å². The molecule has 0 bridgehead atoms. The molecule has 4 heteroatoms. The Hall–Kier alpha value is 1.44. The van der Waals surface area contributed by atoms with E-state index in [4.69, 9.17) is 3.57 Å². The fourth-order valence-corrected chi connectivity index (χ4v) is 0. The predicted molar refractivity (Wildman–Crippen MR) is 0.686 cm³/mol. The van der Waals surface area contributed by atoms with Crippen LogP contribution in [0, 0.1) is 0 Å². The van der Waals surface area contributed by atoms with E-state index in [1.54, 1.807) is 0 Å². The molecular weight excluding hydrogens is 195 g/mol. The molecule has 0 spiro atoms. The molecule has 0 aliphatic heterocycles. The molecule has 0 atom stereocenters. The van der Waals surface area contributed by atoms with Crippen LogP contribution in [0.5, 0.6) is 0 Å². The Balaban J connectivity index is -0.00000000500. The first-order valence-electron chi connectivity index (χ1n) is 0.289. The van der Waals surface area contributed by atoms with Crippen LogP contribution in [0.25, 0.3) is 0 Å². The molecule has 1 radical (unpaired) electrons. The third kappa shape index (κ3) is 9.89. The van der Waals surface area contributed by atoms with Gasteiger partial charge in [0.15, 0.2) is 0 Å². The topological polar surface area (TPSA) is 17.1 Å². The maximum atomic E-state index is 8.38. The molecule has 25 valence electrons. The van der Waals surface area contributed by atoms with Gasteiger partial charge in [-0.25, -0.2) is 0 Å². The maximum absolute atomic E-state index is 8.38. The second-order valence-corrected chi connectivity index (χ2v) is 0. The van der Waals surface area contributed by atoms with Gasteiger partial charge in [0, 0.05) is 33.6 Å². The molecule has 0 saturated heterocycles. The standard InChI is InChI=1S/Mn.Ni.O.Zn. The van der Waals surface area contributed by atoms with E-state index >= 15 is 0 Å². The molecule has 0 aliphatic carbocycles. The Morgan fingerprint density at radius 1 is 1.25 bits per heavy atom.